The van der Waals surface area contributed by atoms with Gasteiger partial charge in [0.25, 0.3) is 0 Å². The summed E-state index contributed by atoms with van der Waals surface area (Å²) in [5.74, 6) is -1.23. The fraction of sp³-hybridized carbons (Fsp3) is 0.0625. The zero-order chi connectivity index (χ0) is 19.6. The van der Waals surface area contributed by atoms with Crippen molar-refractivity contribution in [2.45, 2.75) is 6.54 Å². The van der Waals surface area contributed by atoms with Crippen molar-refractivity contribution >= 4 is 23.3 Å². The van der Waals surface area contributed by atoms with Gasteiger partial charge in [-0.3, -0.25) is 15.0 Å². The molecule has 3 aromatic rings. The third kappa shape index (κ3) is 3.66. The molecule has 0 aliphatic carbocycles. The van der Waals surface area contributed by atoms with E-state index in [1.165, 1.54) is 0 Å². The number of carboxylic acid groups (broad SMARTS) is 1. The number of benzene rings is 1. The predicted molar refractivity (Wildman–Crippen MR) is 93.0 cm³/mol. The van der Waals surface area contributed by atoms with E-state index in [9.17, 15) is 24.4 Å². The molecular formula is C16H13FN6O4. The monoisotopic (exact) mass is 372 g/mol. The Labute approximate surface area is 151 Å². The van der Waals surface area contributed by atoms with Gasteiger partial charge in [0.05, 0.1) is 23.9 Å². The number of pyridine rings is 1. The Balaban J connectivity index is 2.15. The smallest absolute Gasteiger partial charge is 0.412 e. The first-order valence-electron chi connectivity index (χ1n) is 7.56. The lowest BCUT2D eigenvalue weighted by atomic mass is 10.2. The minimum atomic E-state index is -1.43. The summed E-state index contributed by atoms with van der Waals surface area (Å²) in [5.41, 5.74) is 5.34. The average molecular weight is 372 g/mol. The van der Waals surface area contributed by atoms with Crippen LogP contribution < -0.4 is 10.6 Å². The Morgan fingerprint density at radius 3 is 2.63 bits per heavy atom. The lowest BCUT2D eigenvalue weighted by Crippen LogP contribution is -2.30. The average Bonchev–Trinajstić information content (AvgIpc) is 3.05. The summed E-state index contributed by atoms with van der Waals surface area (Å²) in [6, 6.07) is 9.65. The molecule has 1 amide bonds. The van der Waals surface area contributed by atoms with E-state index in [1.807, 2.05) is 0 Å². The molecule has 27 heavy (non-hydrogen) atoms. The van der Waals surface area contributed by atoms with Crippen LogP contribution in [0.1, 0.15) is 5.56 Å². The van der Waals surface area contributed by atoms with Gasteiger partial charge in [0.15, 0.2) is 11.6 Å². The van der Waals surface area contributed by atoms with Crippen molar-refractivity contribution in [3.8, 4) is 5.82 Å². The second kappa shape index (κ2) is 7.07. The Hall–Kier alpha value is -4.02. The summed E-state index contributed by atoms with van der Waals surface area (Å²) in [4.78, 5) is 27.1. The van der Waals surface area contributed by atoms with E-state index in [-0.39, 0.29) is 18.1 Å². The number of nitrogens with two attached hydrogens (primary N) is 1. The number of anilines is 2. The number of amides is 1. The molecule has 0 saturated heterocycles. The fourth-order valence-electron chi connectivity index (χ4n) is 2.49. The van der Waals surface area contributed by atoms with Gasteiger partial charge in [-0.05, 0) is 5.56 Å². The normalized spacial score (nSPS) is 10.6. The summed E-state index contributed by atoms with van der Waals surface area (Å²) in [5, 5.41) is 24.8. The number of aromatic nitrogens is 3. The summed E-state index contributed by atoms with van der Waals surface area (Å²) in [7, 11) is 0. The molecule has 138 valence electrons. The first kappa shape index (κ1) is 17.8. The van der Waals surface area contributed by atoms with Gasteiger partial charge in [-0.15, -0.1) is 0 Å². The highest BCUT2D eigenvalue weighted by atomic mass is 19.1. The molecule has 0 unspecified atom stereocenters. The number of hydrogen-bond donors (Lipinski definition) is 2. The molecule has 0 atom stereocenters. The zero-order valence-corrected chi connectivity index (χ0v) is 13.7. The Morgan fingerprint density at radius 2 is 2.07 bits per heavy atom. The van der Waals surface area contributed by atoms with Gasteiger partial charge < -0.3 is 10.8 Å². The Morgan fingerprint density at radius 1 is 1.37 bits per heavy atom. The van der Waals surface area contributed by atoms with Gasteiger partial charge in [0.1, 0.15) is 5.69 Å². The molecule has 0 aliphatic heterocycles. The van der Waals surface area contributed by atoms with Crippen LogP contribution in [0.4, 0.5) is 26.4 Å². The van der Waals surface area contributed by atoms with Crippen LogP contribution in [-0.4, -0.2) is 30.9 Å². The lowest BCUT2D eigenvalue weighted by Gasteiger charge is -2.20. The zero-order valence-electron chi connectivity index (χ0n) is 13.7. The molecule has 0 radical (unpaired) electrons. The largest absolute Gasteiger partial charge is 0.465 e. The molecule has 10 nitrogen and oxygen atoms in total. The molecule has 0 spiro atoms. The van der Waals surface area contributed by atoms with E-state index in [1.54, 1.807) is 30.3 Å². The first-order chi connectivity index (χ1) is 12.9. The number of carbonyl (C=O) groups is 1. The van der Waals surface area contributed by atoms with Crippen LogP contribution in [-0.2, 0) is 6.54 Å². The number of nitrogen functional groups attached to an aromatic ring is 1. The summed E-state index contributed by atoms with van der Waals surface area (Å²) in [6.45, 7) is -0.159. The summed E-state index contributed by atoms with van der Waals surface area (Å²) < 4.78 is 14.2. The summed E-state index contributed by atoms with van der Waals surface area (Å²) in [6.07, 6.45) is 0.475. The van der Waals surface area contributed by atoms with E-state index in [0.29, 0.717) is 5.56 Å². The molecule has 0 aliphatic rings. The molecule has 11 heteroatoms. The number of hydrogen-bond acceptors (Lipinski definition) is 6. The van der Waals surface area contributed by atoms with Crippen molar-refractivity contribution in [2.75, 3.05) is 10.6 Å². The second-order valence-corrected chi connectivity index (χ2v) is 5.45. The van der Waals surface area contributed by atoms with Gasteiger partial charge in [0.2, 0.25) is 5.82 Å². The molecule has 0 saturated carbocycles. The number of halogens is 1. The fourth-order valence-corrected chi connectivity index (χ4v) is 2.49. The van der Waals surface area contributed by atoms with Crippen molar-refractivity contribution in [1.29, 1.82) is 0 Å². The maximum Gasteiger partial charge on any atom is 0.412 e. The Bertz CT molecular complexity index is 1010. The second-order valence-electron chi connectivity index (χ2n) is 5.45. The van der Waals surface area contributed by atoms with E-state index in [2.05, 4.69) is 10.1 Å². The molecule has 3 N–H and O–H groups in total. The van der Waals surface area contributed by atoms with Crippen molar-refractivity contribution in [1.82, 2.24) is 14.8 Å². The van der Waals surface area contributed by atoms with Crippen molar-refractivity contribution in [3.63, 3.8) is 0 Å². The van der Waals surface area contributed by atoms with Crippen LogP contribution >= 0.6 is 0 Å². The van der Waals surface area contributed by atoms with E-state index in [4.69, 9.17) is 5.73 Å². The maximum atomic E-state index is 13.2. The van der Waals surface area contributed by atoms with Crippen LogP contribution in [0.15, 0.2) is 48.8 Å². The molecule has 2 aromatic heterocycles. The minimum Gasteiger partial charge on any atom is -0.465 e. The third-order valence-corrected chi connectivity index (χ3v) is 3.66. The summed E-state index contributed by atoms with van der Waals surface area (Å²) >= 11 is 0. The van der Waals surface area contributed by atoms with Gasteiger partial charge in [0, 0.05) is 6.07 Å². The van der Waals surface area contributed by atoms with Gasteiger partial charge in [-0.1, -0.05) is 30.3 Å². The highest BCUT2D eigenvalue weighted by Gasteiger charge is 2.29. The third-order valence-electron chi connectivity index (χ3n) is 3.66. The van der Waals surface area contributed by atoms with Gasteiger partial charge >= 0.3 is 11.8 Å². The predicted octanol–water partition coefficient (Wildman–Crippen LogP) is 2.58. The van der Waals surface area contributed by atoms with Gasteiger partial charge in [-0.2, -0.15) is 5.10 Å². The van der Waals surface area contributed by atoms with E-state index >= 15 is 0 Å². The Kier molecular flexibility index (Phi) is 4.66. The van der Waals surface area contributed by atoms with Crippen molar-refractivity contribution in [2.24, 2.45) is 0 Å². The quantitative estimate of drug-likeness (QED) is 0.518. The lowest BCUT2D eigenvalue weighted by molar-refractivity contribution is -0.383. The van der Waals surface area contributed by atoms with E-state index in [0.717, 1.165) is 28.0 Å². The standard InChI is InChI=1S/C16H13FN6O4/c17-11-7-19-22(9-11)13-6-12(14(23(26)27)15(18)20-13)21(16(24)25)8-10-4-2-1-3-5-10/h1-7,9H,8H2,(H2,18,20)(H,24,25). The molecule has 1 aromatic carbocycles. The number of rotatable bonds is 5. The van der Waals surface area contributed by atoms with E-state index < -0.39 is 28.3 Å². The molecule has 2 heterocycles. The van der Waals surface area contributed by atoms with Crippen molar-refractivity contribution < 1.29 is 19.2 Å². The molecule has 3 rings (SSSR count). The van der Waals surface area contributed by atoms with Crippen LogP contribution in [0.25, 0.3) is 5.82 Å². The molecule has 0 fully saturated rings. The van der Waals surface area contributed by atoms with Crippen molar-refractivity contribution in [3.05, 3.63) is 70.3 Å². The topological polar surface area (TPSA) is 140 Å². The van der Waals surface area contributed by atoms with Crippen LogP contribution in [0, 0.1) is 15.9 Å². The number of nitrogens with zero attached hydrogens (tertiary/aromatic N) is 5. The highest BCUT2D eigenvalue weighted by Crippen LogP contribution is 2.35. The van der Waals surface area contributed by atoms with Crippen LogP contribution in [0.5, 0.6) is 0 Å². The van der Waals surface area contributed by atoms with Crippen LogP contribution in [0.3, 0.4) is 0 Å². The van der Waals surface area contributed by atoms with Gasteiger partial charge in [-0.25, -0.2) is 18.9 Å². The van der Waals surface area contributed by atoms with Crippen LogP contribution in [0.2, 0.25) is 0 Å². The maximum absolute atomic E-state index is 13.2. The SMILES string of the molecule is Nc1nc(-n2cc(F)cn2)cc(N(Cc2ccccc2)C(=O)O)c1[N+](=O)[O-]. The molecular weight excluding hydrogens is 359 g/mol. The molecule has 0 bridgehead atoms. The minimum absolute atomic E-state index is 0.0590. The number of nitro groups is 1. The first-order valence-corrected chi connectivity index (χ1v) is 7.56. The highest BCUT2D eigenvalue weighted by molar-refractivity contribution is 5.91.